The summed E-state index contributed by atoms with van der Waals surface area (Å²) in [7, 11) is -1.82. The third kappa shape index (κ3) is 4.86. The number of nitrogens with zero attached hydrogens (tertiary/aromatic N) is 3. The molecule has 1 amide bonds. The van der Waals surface area contributed by atoms with E-state index in [0.717, 1.165) is 0 Å². The van der Waals surface area contributed by atoms with E-state index >= 15 is 0 Å². The lowest BCUT2D eigenvalue weighted by Gasteiger charge is -2.48. The molecule has 1 saturated heterocycles. The van der Waals surface area contributed by atoms with Crippen LogP contribution in [0.25, 0.3) is 0 Å². The Morgan fingerprint density at radius 3 is 2.59 bits per heavy atom. The number of hydrogen-bond acceptors (Lipinski definition) is 6. The summed E-state index contributed by atoms with van der Waals surface area (Å²) < 4.78 is 12.3. The van der Waals surface area contributed by atoms with Crippen LogP contribution in [0.15, 0.2) is 18.2 Å². The average molecular weight is 460 g/mol. The van der Waals surface area contributed by atoms with Gasteiger partial charge in [-0.1, -0.05) is 20.8 Å². The maximum atomic E-state index is 13.2. The topological polar surface area (TPSA) is 86.0 Å². The van der Waals surface area contributed by atoms with Gasteiger partial charge in [0.05, 0.1) is 24.2 Å². The van der Waals surface area contributed by atoms with Crippen molar-refractivity contribution in [2.45, 2.75) is 70.5 Å². The number of ether oxygens (including phenoxy) is 1. The van der Waals surface area contributed by atoms with Gasteiger partial charge in [-0.15, -0.1) is 0 Å². The summed E-state index contributed by atoms with van der Waals surface area (Å²) in [6.07, 6.45) is -0.902. The molecule has 1 N–H and O–H groups in total. The number of aliphatic hydroxyl groups is 1. The fourth-order valence-electron chi connectivity index (χ4n) is 4.04. The van der Waals surface area contributed by atoms with Crippen LogP contribution in [0.2, 0.25) is 18.1 Å². The van der Waals surface area contributed by atoms with Gasteiger partial charge in [0.15, 0.2) is 8.32 Å². The molecule has 3 rings (SSSR count). The van der Waals surface area contributed by atoms with E-state index in [-0.39, 0.29) is 10.9 Å². The minimum Gasteiger partial charge on any atom is -0.485 e. The van der Waals surface area contributed by atoms with Crippen molar-refractivity contribution in [2.24, 2.45) is 0 Å². The zero-order chi connectivity index (χ0) is 23.9. The third-order valence-electron chi connectivity index (χ3n) is 7.19. The van der Waals surface area contributed by atoms with Gasteiger partial charge in [-0.25, -0.2) is 0 Å². The zero-order valence-electron chi connectivity index (χ0n) is 20.4. The van der Waals surface area contributed by atoms with Crippen molar-refractivity contribution in [1.82, 2.24) is 9.80 Å². The molecule has 8 heteroatoms. The van der Waals surface area contributed by atoms with Crippen LogP contribution in [0.3, 0.4) is 0 Å². The summed E-state index contributed by atoms with van der Waals surface area (Å²) in [6.45, 7) is 17.6. The van der Waals surface area contributed by atoms with Gasteiger partial charge in [0, 0.05) is 31.8 Å². The smallest absolute Gasteiger partial charge is 0.237 e. The zero-order valence-corrected chi connectivity index (χ0v) is 21.4. The first-order valence-electron chi connectivity index (χ1n) is 11.3. The Morgan fingerprint density at radius 1 is 1.31 bits per heavy atom. The second-order valence-corrected chi connectivity index (χ2v) is 15.7. The maximum absolute atomic E-state index is 13.2. The molecule has 1 fully saturated rings. The highest BCUT2D eigenvalue weighted by Crippen LogP contribution is 2.43. The first kappa shape index (κ1) is 24.7. The van der Waals surface area contributed by atoms with Crippen molar-refractivity contribution in [3.05, 3.63) is 29.3 Å². The second kappa shape index (κ2) is 8.79. The molecule has 7 nitrogen and oxygen atoms in total. The molecule has 0 bridgehead atoms. The highest BCUT2D eigenvalue weighted by atomic mass is 28.4. The Balaban J connectivity index is 1.71. The Kier molecular flexibility index (Phi) is 6.79. The Hall–Kier alpha value is -1.92. The van der Waals surface area contributed by atoms with Gasteiger partial charge in [0.2, 0.25) is 5.91 Å². The molecular formula is C24H37N3O4Si. The number of hydrogen-bond donors (Lipinski definition) is 1. The van der Waals surface area contributed by atoms with Gasteiger partial charge in [0.25, 0.3) is 0 Å². The maximum Gasteiger partial charge on any atom is 0.237 e. The molecular weight excluding hydrogens is 422 g/mol. The standard InChI is InChI=1S/C24H37N3O4Si/c1-23(2,3)32(6,7)30-13-12-26-10-11-27(20(28)16-26)21-18-14-17(15-25)8-9-19(18)31-24(4,5)22(21)29/h8-9,14,21-22,29H,10-13,16H2,1-7H3/t21-,22+/m1/s1. The number of aliphatic hydroxyl groups excluding tert-OH is 1. The van der Waals surface area contributed by atoms with Gasteiger partial charge in [-0.05, 0) is 50.2 Å². The minimum atomic E-state index is -1.82. The van der Waals surface area contributed by atoms with E-state index in [4.69, 9.17) is 9.16 Å². The van der Waals surface area contributed by atoms with E-state index in [1.807, 2.05) is 13.8 Å². The highest BCUT2D eigenvalue weighted by molar-refractivity contribution is 6.74. The lowest BCUT2D eigenvalue weighted by atomic mass is 9.84. The highest BCUT2D eigenvalue weighted by Gasteiger charge is 2.47. The fraction of sp³-hybridized carbons (Fsp3) is 0.667. The molecule has 2 atom stereocenters. The van der Waals surface area contributed by atoms with Crippen LogP contribution in [0.4, 0.5) is 0 Å². The van der Waals surface area contributed by atoms with Crippen LogP contribution in [-0.4, -0.2) is 73.6 Å². The first-order chi connectivity index (χ1) is 14.8. The van der Waals surface area contributed by atoms with Crippen molar-refractivity contribution in [3.63, 3.8) is 0 Å². The van der Waals surface area contributed by atoms with Gasteiger partial charge in [-0.3, -0.25) is 9.69 Å². The van der Waals surface area contributed by atoms with Crippen molar-refractivity contribution >= 4 is 14.2 Å². The summed E-state index contributed by atoms with van der Waals surface area (Å²) in [4.78, 5) is 17.0. The van der Waals surface area contributed by atoms with Crippen molar-refractivity contribution in [2.75, 3.05) is 32.8 Å². The molecule has 176 valence electrons. The van der Waals surface area contributed by atoms with E-state index in [1.165, 1.54) is 0 Å². The number of carbonyl (C=O) groups excluding carboxylic acids is 1. The van der Waals surface area contributed by atoms with Crippen molar-refractivity contribution in [1.29, 1.82) is 5.26 Å². The van der Waals surface area contributed by atoms with Gasteiger partial charge < -0.3 is 19.2 Å². The molecule has 0 aromatic heterocycles. The number of benzene rings is 1. The summed E-state index contributed by atoms with van der Waals surface area (Å²) in [5, 5.41) is 20.6. The van der Waals surface area contributed by atoms with E-state index < -0.39 is 26.1 Å². The van der Waals surface area contributed by atoms with Crippen LogP contribution in [0, 0.1) is 11.3 Å². The normalized spacial score (nSPS) is 24.0. The van der Waals surface area contributed by atoms with Crippen LogP contribution < -0.4 is 4.74 Å². The monoisotopic (exact) mass is 459 g/mol. The van der Waals surface area contributed by atoms with Crippen LogP contribution in [0.5, 0.6) is 5.75 Å². The molecule has 0 radical (unpaired) electrons. The Bertz CT molecular complexity index is 903. The molecule has 2 aliphatic heterocycles. The van der Waals surface area contributed by atoms with Crippen molar-refractivity contribution < 1.29 is 19.1 Å². The summed E-state index contributed by atoms with van der Waals surface area (Å²) in [5.74, 6) is 0.584. The van der Waals surface area contributed by atoms with E-state index in [1.54, 1.807) is 23.1 Å². The minimum absolute atomic E-state index is 0.0290. The van der Waals surface area contributed by atoms with E-state index in [0.29, 0.717) is 49.7 Å². The SMILES string of the molecule is CC1(C)Oc2ccc(C#N)cc2[C@@H](N2CCN(CCO[Si](C)(C)C(C)(C)C)CC2=O)[C@@H]1O. The quantitative estimate of drug-likeness (QED) is 0.680. The first-order valence-corrected chi connectivity index (χ1v) is 14.2. The summed E-state index contributed by atoms with van der Waals surface area (Å²) in [5.41, 5.74) is 0.331. The number of amides is 1. The Labute approximate surface area is 193 Å². The number of carbonyl (C=O) groups is 1. The van der Waals surface area contributed by atoms with Crippen molar-refractivity contribution in [3.8, 4) is 11.8 Å². The predicted molar refractivity (Wildman–Crippen MR) is 126 cm³/mol. The Morgan fingerprint density at radius 2 is 2.00 bits per heavy atom. The van der Waals surface area contributed by atoms with Crippen LogP contribution >= 0.6 is 0 Å². The van der Waals surface area contributed by atoms with E-state index in [2.05, 4.69) is 44.8 Å². The molecule has 0 unspecified atom stereocenters. The van der Waals surface area contributed by atoms with Gasteiger partial charge in [-0.2, -0.15) is 5.26 Å². The number of nitriles is 1. The largest absolute Gasteiger partial charge is 0.485 e. The second-order valence-electron chi connectivity index (χ2n) is 10.9. The average Bonchev–Trinajstić information content (AvgIpc) is 2.68. The van der Waals surface area contributed by atoms with Crippen LogP contribution in [-0.2, 0) is 9.22 Å². The lowest BCUT2D eigenvalue weighted by Crippen LogP contribution is -2.59. The molecule has 32 heavy (non-hydrogen) atoms. The molecule has 2 aliphatic rings. The number of rotatable bonds is 5. The molecule has 0 aliphatic carbocycles. The summed E-state index contributed by atoms with van der Waals surface area (Å²) >= 11 is 0. The molecule has 2 heterocycles. The number of fused-ring (bicyclic) bond motifs is 1. The molecule has 0 spiro atoms. The predicted octanol–water partition coefficient (Wildman–Crippen LogP) is 3.30. The van der Waals surface area contributed by atoms with Gasteiger partial charge >= 0.3 is 0 Å². The summed E-state index contributed by atoms with van der Waals surface area (Å²) in [6, 6.07) is 6.78. The third-order valence-corrected chi connectivity index (χ3v) is 11.7. The molecule has 1 aromatic carbocycles. The number of piperazine rings is 1. The molecule has 0 saturated carbocycles. The fourth-order valence-corrected chi connectivity index (χ4v) is 5.08. The van der Waals surface area contributed by atoms with Crippen LogP contribution in [0.1, 0.15) is 51.8 Å². The van der Waals surface area contributed by atoms with E-state index in [9.17, 15) is 15.2 Å². The molecule has 1 aromatic rings. The van der Waals surface area contributed by atoms with Gasteiger partial charge in [0.1, 0.15) is 17.5 Å². The lowest BCUT2D eigenvalue weighted by molar-refractivity contribution is -0.150.